The molecule has 0 amide bonds. The molecule has 4 heteroatoms. The van der Waals surface area contributed by atoms with Crippen molar-refractivity contribution in [3.05, 3.63) is 30.2 Å². The highest BCUT2D eigenvalue weighted by molar-refractivity contribution is 5.36. The van der Waals surface area contributed by atoms with Crippen LogP contribution in [-0.2, 0) is 6.42 Å². The number of nitrogens with one attached hydrogen (secondary N) is 1. The molecule has 0 spiro atoms. The Morgan fingerprint density at radius 2 is 2.05 bits per heavy atom. The number of hydrogen-bond acceptors (Lipinski definition) is 3. The third-order valence-electron chi connectivity index (χ3n) is 4.71. The van der Waals surface area contributed by atoms with Gasteiger partial charge in [0.05, 0.1) is 0 Å². The molecule has 1 aliphatic carbocycles. The van der Waals surface area contributed by atoms with Crippen LogP contribution in [0.5, 0.6) is 0 Å². The molecule has 0 aliphatic heterocycles. The smallest absolute Gasteiger partial charge is 0.160 e. The van der Waals surface area contributed by atoms with Crippen molar-refractivity contribution in [1.29, 1.82) is 0 Å². The van der Waals surface area contributed by atoms with Crippen molar-refractivity contribution >= 4 is 5.65 Å². The van der Waals surface area contributed by atoms with Gasteiger partial charge in [0.25, 0.3) is 0 Å². The molecule has 0 atom stereocenters. The molecule has 4 nitrogen and oxygen atoms in total. The SMILES string of the molecule is CCCC1CCC(NCCc2nnc3ccccn23)CC1. The van der Waals surface area contributed by atoms with Gasteiger partial charge in [0.15, 0.2) is 5.65 Å². The third-order valence-corrected chi connectivity index (χ3v) is 4.71. The molecule has 0 saturated heterocycles. The van der Waals surface area contributed by atoms with Crippen LogP contribution in [-0.4, -0.2) is 27.2 Å². The molecule has 21 heavy (non-hydrogen) atoms. The average molecular weight is 286 g/mol. The van der Waals surface area contributed by atoms with Crippen LogP contribution in [0, 0.1) is 5.92 Å². The van der Waals surface area contributed by atoms with E-state index in [9.17, 15) is 0 Å². The lowest BCUT2D eigenvalue weighted by atomic mass is 9.83. The molecule has 1 N–H and O–H groups in total. The van der Waals surface area contributed by atoms with Crippen LogP contribution in [0.3, 0.4) is 0 Å². The van der Waals surface area contributed by atoms with Crippen LogP contribution < -0.4 is 5.32 Å². The van der Waals surface area contributed by atoms with Gasteiger partial charge in [0, 0.05) is 25.2 Å². The Labute approximate surface area is 127 Å². The molecular weight excluding hydrogens is 260 g/mol. The lowest BCUT2D eigenvalue weighted by molar-refractivity contribution is 0.279. The zero-order chi connectivity index (χ0) is 14.5. The van der Waals surface area contributed by atoms with Crippen molar-refractivity contribution in [2.45, 2.75) is 57.9 Å². The summed E-state index contributed by atoms with van der Waals surface area (Å²) in [7, 11) is 0. The number of pyridine rings is 1. The van der Waals surface area contributed by atoms with Gasteiger partial charge in [-0.15, -0.1) is 10.2 Å². The standard InChI is InChI=1S/C17H26N4/c1-2-5-14-7-9-15(10-8-14)18-12-11-17-20-19-16-6-3-4-13-21(16)17/h3-4,6,13-15,18H,2,5,7-12H2,1H3. The van der Waals surface area contributed by atoms with Crippen molar-refractivity contribution in [1.82, 2.24) is 19.9 Å². The first kappa shape index (κ1) is 14.5. The minimum absolute atomic E-state index is 0.706. The van der Waals surface area contributed by atoms with E-state index in [1.54, 1.807) is 0 Å². The topological polar surface area (TPSA) is 42.2 Å². The van der Waals surface area contributed by atoms with Gasteiger partial charge in [-0.05, 0) is 43.7 Å². The molecule has 2 aromatic heterocycles. The summed E-state index contributed by atoms with van der Waals surface area (Å²) in [6.07, 6.45) is 11.2. The van der Waals surface area contributed by atoms with Crippen LogP contribution >= 0.6 is 0 Å². The minimum atomic E-state index is 0.706. The van der Waals surface area contributed by atoms with Crippen LogP contribution in [0.25, 0.3) is 5.65 Å². The molecule has 2 aromatic rings. The third kappa shape index (κ3) is 3.62. The van der Waals surface area contributed by atoms with Gasteiger partial charge in [0.1, 0.15) is 5.82 Å². The first-order valence-electron chi connectivity index (χ1n) is 8.39. The van der Waals surface area contributed by atoms with Crippen molar-refractivity contribution in [2.75, 3.05) is 6.54 Å². The molecule has 1 saturated carbocycles. The van der Waals surface area contributed by atoms with Crippen molar-refractivity contribution < 1.29 is 0 Å². The first-order valence-corrected chi connectivity index (χ1v) is 8.39. The molecular formula is C17H26N4. The van der Waals surface area contributed by atoms with Crippen molar-refractivity contribution in [2.24, 2.45) is 5.92 Å². The highest BCUT2D eigenvalue weighted by Crippen LogP contribution is 2.27. The maximum atomic E-state index is 4.29. The Balaban J connectivity index is 1.44. The predicted octanol–water partition coefficient (Wildman–Crippen LogP) is 3.22. The molecule has 3 rings (SSSR count). The molecule has 0 aromatic carbocycles. The Bertz CT molecular complexity index is 555. The Morgan fingerprint density at radius 3 is 2.86 bits per heavy atom. The van der Waals surface area contributed by atoms with E-state index in [0.717, 1.165) is 30.4 Å². The van der Waals surface area contributed by atoms with Gasteiger partial charge >= 0.3 is 0 Å². The van der Waals surface area contributed by atoms with E-state index in [1.165, 1.54) is 38.5 Å². The highest BCUT2D eigenvalue weighted by Gasteiger charge is 2.19. The summed E-state index contributed by atoms with van der Waals surface area (Å²) in [6, 6.07) is 6.74. The summed E-state index contributed by atoms with van der Waals surface area (Å²) >= 11 is 0. The number of hydrogen-bond donors (Lipinski definition) is 1. The Morgan fingerprint density at radius 1 is 1.19 bits per heavy atom. The zero-order valence-corrected chi connectivity index (χ0v) is 13.0. The molecule has 114 valence electrons. The summed E-state index contributed by atoms with van der Waals surface area (Å²) in [5.74, 6) is 2.03. The van der Waals surface area contributed by atoms with Gasteiger partial charge in [-0.25, -0.2) is 0 Å². The monoisotopic (exact) mass is 286 g/mol. The summed E-state index contributed by atoms with van der Waals surface area (Å²) in [6.45, 7) is 3.30. The van der Waals surface area contributed by atoms with Crippen molar-refractivity contribution in [3.63, 3.8) is 0 Å². The summed E-state index contributed by atoms with van der Waals surface area (Å²) in [5, 5.41) is 12.2. The van der Waals surface area contributed by atoms with Crippen LogP contribution in [0.2, 0.25) is 0 Å². The molecule has 0 bridgehead atoms. The minimum Gasteiger partial charge on any atom is -0.314 e. The number of aromatic nitrogens is 3. The fraction of sp³-hybridized carbons (Fsp3) is 0.647. The van der Waals surface area contributed by atoms with E-state index in [2.05, 4.69) is 26.8 Å². The van der Waals surface area contributed by atoms with E-state index in [-0.39, 0.29) is 0 Å². The number of rotatable bonds is 6. The Hall–Kier alpha value is -1.42. The average Bonchev–Trinajstić information content (AvgIpc) is 2.93. The quantitative estimate of drug-likeness (QED) is 0.886. The number of nitrogens with zero attached hydrogens (tertiary/aromatic N) is 3. The van der Waals surface area contributed by atoms with Gasteiger partial charge < -0.3 is 5.32 Å². The lowest BCUT2D eigenvalue weighted by Gasteiger charge is -2.29. The predicted molar refractivity (Wildman–Crippen MR) is 85.3 cm³/mol. The van der Waals surface area contributed by atoms with E-state index in [4.69, 9.17) is 0 Å². The number of fused-ring (bicyclic) bond motifs is 1. The normalized spacial score (nSPS) is 22.7. The van der Waals surface area contributed by atoms with Crippen LogP contribution in [0.1, 0.15) is 51.3 Å². The lowest BCUT2D eigenvalue weighted by Crippen LogP contribution is -2.34. The van der Waals surface area contributed by atoms with E-state index < -0.39 is 0 Å². The van der Waals surface area contributed by atoms with Crippen LogP contribution in [0.15, 0.2) is 24.4 Å². The highest BCUT2D eigenvalue weighted by atomic mass is 15.2. The fourth-order valence-electron chi connectivity index (χ4n) is 3.51. The molecule has 2 heterocycles. The van der Waals surface area contributed by atoms with Gasteiger partial charge in [-0.2, -0.15) is 0 Å². The van der Waals surface area contributed by atoms with Crippen molar-refractivity contribution in [3.8, 4) is 0 Å². The van der Waals surface area contributed by atoms with E-state index in [1.807, 2.05) is 24.4 Å². The second-order valence-electron chi connectivity index (χ2n) is 6.26. The van der Waals surface area contributed by atoms with E-state index in [0.29, 0.717) is 6.04 Å². The molecule has 0 radical (unpaired) electrons. The Kier molecular flexibility index (Phi) is 4.86. The molecule has 1 aliphatic rings. The van der Waals surface area contributed by atoms with E-state index >= 15 is 0 Å². The maximum absolute atomic E-state index is 4.29. The molecule has 1 fully saturated rings. The van der Waals surface area contributed by atoms with Gasteiger partial charge in [-0.3, -0.25) is 4.40 Å². The van der Waals surface area contributed by atoms with Gasteiger partial charge in [-0.1, -0.05) is 25.8 Å². The summed E-state index contributed by atoms with van der Waals surface area (Å²) in [5.41, 5.74) is 0.938. The summed E-state index contributed by atoms with van der Waals surface area (Å²) in [4.78, 5) is 0. The maximum Gasteiger partial charge on any atom is 0.160 e. The zero-order valence-electron chi connectivity index (χ0n) is 13.0. The second kappa shape index (κ2) is 7.03. The fourth-order valence-corrected chi connectivity index (χ4v) is 3.51. The van der Waals surface area contributed by atoms with Crippen LogP contribution in [0.4, 0.5) is 0 Å². The molecule has 0 unspecified atom stereocenters. The first-order chi connectivity index (χ1) is 10.4. The second-order valence-corrected chi connectivity index (χ2v) is 6.26. The largest absolute Gasteiger partial charge is 0.314 e. The summed E-state index contributed by atoms with van der Waals surface area (Å²) < 4.78 is 2.08. The van der Waals surface area contributed by atoms with Gasteiger partial charge in [0.2, 0.25) is 0 Å².